The summed E-state index contributed by atoms with van der Waals surface area (Å²) < 4.78 is 0. The van der Waals surface area contributed by atoms with Crippen LogP contribution >= 0.6 is 0 Å². The summed E-state index contributed by atoms with van der Waals surface area (Å²) in [4.78, 5) is 9.74. The van der Waals surface area contributed by atoms with E-state index in [0.29, 0.717) is 0 Å². The Morgan fingerprint density at radius 2 is 1.00 bits per heavy atom. The van der Waals surface area contributed by atoms with E-state index in [1.54, 1.807) is 0 Å². The van der Waals surface area contributed by atoms with Gasteiger partial charge in [0.1, 0.15) is 0 Å². The van der Waals surface area contributed by atoms with Gasteiger partial charge >= 0.3 is 0 Å². The zero-order valence-electron chi connectivity index (χ0n) is 23.2. The molecule has 0 saturated carbocycles. The summed E-state index contributed by atoms with van der Waals surface area (Å²) in [6.07, 6.45) is 8.33. The molecule has 1 aliphatic rings. The molecule has 2 nitrogen and oxygen atoms in total. The Morgan fingerprint density at radius 1 is 0.405 bits per heavy atom. The van der Waals surface area contributed by atoms with Crippen molar-refractivity contribution in [3.05, 3.63) is 157 Å². The molecule has 0 bridgehead atoms. The predicted octanol–water partition coefficient (Wildman–Crippen LogP) is 10.3. The van der Waals surface area contributed by atoms with Crippen molar-refractivity contribution in [3.63, 3.8) is 0 Å². The van der Waals surface area contributed by atoms with E-state index in [1.807, 2.05) is 24.5 Å². The second-order valence-corrected chi connectivity index (χ2v) is 11.0. The maximum absolute atomic E-state index is 4.89. The molecule has 0 saturated heterocycles. The number of aryl methyl sites for hydroxylation is 1. The molecule has 0 N–H and O–H groups in total. The van der Waals surface area contributed by atoms with Gasteiger partial charge in [-0.25, -0.2) is 0 Å². The minimum Gasteiger partial charge on any atom is -0.256 e. The highest BCUT2D eigenvalue weighted by atomic mass is 14.7. The van der Waals surface area contributed by atoms with Gasteiger partial charge in [0.05, 0.1) is 11.4 Å². The van der Waals surface area contributed by atoms with Crippen LogP contribution < -0.4 is 0 Å². The summed E-state index contributed by atoms with van der Waals surface area (Å²) in [5.41, 5.74) is 11.9. The third kappa shape index (κ3) is 4.29. The lowest BCUT2D eigenvalue weighted by Gasteiger charge is -2.22. The van der Waals surface area contributed by atoms with Gasteiger partial charge in [0.2, 0.25) is 0 Å². The third-order valence-corrected chi connectivity index (χ3v) is 8.51. The Hall–Kier alpha value is -5.34. The van der Waals surface area contributed by atoms with Crippen LogP contribution in [0, 0.1) is 0 Å². The molecule has 198 valence electrons. The fourth-order valence-electron chi connectivity index (χ4n) is 6.34. The summed E-state index contributed by atoms with van der Waals surface area (Å²) in [5.74, 6) is 0. The highest BCUT2D eigenvalue weighted by Crippen LogP contribution is 2.41. The van der Waals surface area contributed by atoms with Crippen molar-refractivity contribution in [3.8, 4) is 33.5 Å². The molecule has 7 aromatic rings. The number of rotatable bonds is 4. The van der Waals surface area contributed by atoms with Gasteiger partial charge in [0.15, 0.2) is 0 Å². The molecule has 0 unspecified atom stereocenters. The van der Waals surface area contributed by atoms with Crippen LogP contribution in [0.4, 0.5) is 0 Å². The van der Waals surface area contributed by atoms with Crippen LogP contribution in [0.1, 0.15) is 23.2 Å². The van der Waals surface area contributed by atoms with Crippen molar-refractivity contribution in [1.82, 2.24) is 9.97 Å². The van der Waals surface area contributed by atoms with Gasteiger partial charge in [0, 0.05) is 29.1 Å². The lowest BCUT2D eigenvalue weighted by molar-refractivity contribution is 1.01. The standard InChI is InChI=1S/C40H28N2/c1-3-9-27(10-4-1)31-17-21-39(41-25-31)29-15-19-35-36-20-16-30(24-38(36)34-14-8-7-13-33(34)37(35)23-29)40-22-18-32(26-42-40)28-11-5-2-6-12-28/h1-15,17-19,21-26H,16,20H2. The molecule has 2 aromatic heterocycles. The first-order valence-corrected chi connectivity index (χ1v) is 14.5. The monoisotopic (exact) mass is 536 g/mol. The molecular formula is C40H28N2. The summed E-state index contributed by atoms with van der Waals surface area (Å²) >= 11 is 0. The summed E-state index contributed by atoms with van der Waals surface area (Å²) in [6.45, 7) is 0. The van der Waals surface area contributed by atoms with Crippen molar-refractivity contribution >= 4 is 33.2 Å². The number of benzene rings is 5. The van der Waals surface area contributed by atoms with Crippen LogP contribution in [0.15, 0.2) is 140 Å². The predicted molar refractivity (Wildman–Crippen MR) is 176 cm³/mol. The van der Waals surface area contributed by atoms with Gasteiger partial charge in [0.25, 0.3) is 0 Å². The quantitative estimate of drug-likeness (QED) is 0.209. The van der Waals surface area contributed by atoms with Crippen LogP contribution in [-0.2, 0) is 6.42 Å². The van der Waals surface area contributed by atoms with E-state index < -0.39 is 0 Å². The molecule has 2 heterocycles. The maximum Gasteiger partial charge on any atom is 0.0702 e. The molecule has 42 heavy (non-hydrogen) atoms. The van der Waals surface area contributed by atoms with Crippen molar-refractivity contribution < 1.29 is 0 Å². The van der Waals surface area contributed by atoms with Gasteiger partial charge in [-0.3, -0.25) is 9.97 Å². The van der Waals surface area contributed by atoms with Crippen molar-refractivity contribution in [1.29, 1.82) is 0 Å². The number of aromatic nitrogens is 2. The molecule has 2 heteroatoms. The number of hydrogen-bond donors (Lipinski definition) is 0. The number of pyridine rings is 2. The number of allylic oxidation sites excluding steroid dienone is 1. The Bertz CT molecular complexity index is 2090. The average Bonchev–Trinajstić information content (AvgIpc) is 3.09. The second-order valence-electron chi connectivity index (χ2n) is 11.0. The fourth-order valence-corrected chi connectivity index (χ4v) is 6.34. The average molecular weight is 537 g/mol. The van der Waals surface area contributed by atoms with Crippen molar-refractivity contribution in [2.75, 3.05) is 0 Å². The van der Waals surface area contributed by atoms with Crippen molar-refractivity contribution in [2.45, 2.75) is 12.8 Å². The van der Waals surface area contributed by atoms with Gasteiger partial charge < -0.3 is 0 Å². The Kier molecular flexibility index (Phi) is 5.97. The van der Waals surface area contributed by atoms with E-state index in [4.69, 9.17) is 9.97 Å². The molecule has 1 aliphatic carbocycles. The Labute approximate surface area is 245 Å². The van der Waals surface area contributed by atoms with E-state index in [9.17, 15) is 0 Å². The minimum absolute atomic E-state index is 0.975. The largest absolute Gasteiger partial charge is 0.256 e. The number of nitrogens with zero attached hydrogens (tertiary/aromatic N) is 2. The van der Waals surface area contributed by atoms with E-state index in [1.165, 1.54) is 49.4 Å². The first-order chi connectivity index (χ1) is 20.8. The highest BCUT2D eigenvalue weighted by molar-refractivity contribution is 6.15. The SMILES string of the molecule is C1=C(c2ccc(-c3ccccc3)cn2)CCc2c1c1ccccc1c1cc(-c3ccc(-c4ccccc4)cn3)ccc21. The lowest BCUT2D eigenvalue weighted by Crippen LogP contribution is -2.03. The smallest absolute Gasteiger partial charge is 0.0702 e. The number of fused-ring (bicyclic) bond motifs is 6. The molecule has 0 spiro atoms. The molecule has 0 radical (unpaired) electrons. The Morgan fingerprint density at radius 3 is 1.64 bits per heavy atom. The van der Waals surface area contributed by atoms with Gasteiger partial charge in [-0.15, -0.1) is 0 Å². The number of hydrogen-bond acceptors (Lipinski definition) is 2. The third-order valence-electron chi connectivity index (χ3n) is 8.51. The van der Waals surface area contributed by atoms with Crippen LogP contribution in [0.3, 0.4) is 0 Å². The topological polar surface area (TPSA) is 25.8 Å². The van der Waals surface area contributed by atoms with E-state index in [2.05, 4.69) is 121 Å². The van der Waals surface area contributed by atoms with Crippen LogP contribution in [0.5, 0.6) is 0 Å². The normalized spacial score (nSPS) is 12.7. The summed E-state index contributed by atoms with van der Waals surface area (Å²) in [6, 6.07) is 45.2. The zero-order valence-corrected chi connectivity index (χ0v) is 23.2. The minimum atomic E-state index is 0.975. The van der Waals surface area contributed by atoms with Crippen LogP contribution in [0.25, 0.3) is 66.7 Å². The molecule has 8 rings (SSSR count). The molecule has 0 atom stereocenters. The summed E-state index contributed by atoms with van der Waals surface area (Å²) in [5, 5.41) is 5.19. The van der Waals surface area contributed by atoms with E-state index in [-0.39, 0.29) is 0 Å². The molecule has 0 fully saturated rings. The fraction of sp³-hybridized carbons (Fsp3) is 0.0500. The molecular weight excluding hydrogens is 508 g/mol. The first kappa shape index (κ1) is 24.5. The first-order valence-electron chi connectivity index (χ1n) is 14.5. The molecule has 0 aliphatic heterocycles. The van der Waals surface area contributed by atoms with Crippen molar-refractivity contribution in [2.24, 2.45) is 0 Å². The van der Waals surface area contributed by atoms with Gasteiger partial charge in [-0.05, 0) is 86.5 Å². The Balaban J connectivity index is 1.20. The van der Waals surface area contributed by atoms with E-state index in [0.717, 1.165) is 40.9 Å². The molecule has 5 aromatic carbocycles. The molecule has 0 amide bonds. The maximum atomic E-state index is 4.89. The highest BCUT2D eigenvalue weighted by Gasteiger charge is 2.19. The second kappa shape index (κ2) is 10.2. The van der Waals surface area contributed by atoms with Crippen LogP contribution in [-0.4, -0.2) is 9.97 Å². The van der Waals surface area contributed by atoms with Gasteiger partial charge in [-0.1, -0.05) is 109 Å². The van der Waals surface area contributed by atoms with Gasteiger partial charge in [-0.2, -0.15) is 0 Å². The lowest BCUT2D eigenvalue weighted by atomic mass is 9.83. The van der Waals surface area contributed by atoms with Crippen LogP contribution in [0.2, 0.25) is 0 Å². The zero-order chi connectivity index (χ0) is 27.9. The van der Waals surface area contributed by atoms with E-state index >= 15 is 0 Å². The summed E-state index contributed by atoms with van der Waals surface area (Å²) in [7, 11) is 0.